The number of benzene rings is 2. The second kappa shape index (κ2) is 8.00. The number of rotatable bonds is 4. The summed E-state index contributed by atoms with van der Waals surface area (Å²) >= 11 is 3.64. The van der Waals surface area contributed by atoms with Gasteiger partial charge in [0.1, 0.15) is 0 Å². The molecular weight excluding hydrogens is 491 g/mol. The van der Waals surface area contributed by atoms with Gasteiger partial charge in [-0.25, -0.2) is 0 Å². The zero-order valence-electron chi connectivity index (χ0n) is 15.4. The van der Waals surface area contributed by atoms with E-state index in [1.54, 1.807) is 14.2 Å². The molecule has 1 aliphatic rings. The normalized spacial score (nSPS) is 14.8. The minimum atomic E-state index is -0.484. The molecule has 28 heavy (non-hydrogen) atoms. The zero-order chi connectivity index (χ0) is 19.7. The van der Waals surface area contributed by atoms with Crippen LogP contribution < -0.4 is 19.5 Å². The maximum Gasteiger partial charge on any atom is 0.247 e. The number of hydrogen-bond acceptors (Lipinski definition) is 8. The minimum absolute atomic E-state index is 0.437. The second-order valence-electron chi connectivity index (χ2n) is 5.88. The third-order valence-electron chi connectivity index (χ3n) is 4.27. The van der Waals surface area contributed by atoms with Gasteiger partial charge in [-0.15, -0.1) is 10.2 Å². The van der Waals surface area contributed by atoms with Crippen molar-refractivity contribution in [3.05, 3.63) is 45.5 Å². The standard InChI is InChI=1S/C19H17IN4O3S/c1-25-14-9-10(8-12(20)16(14)26-2)17-21-13-7-5-4-6-11(13)15-18(27-17)22-19(28-3)24-23-15/h4-9,17,21H,1-3H3/t17-/m0/s1. The maximum atomic E-state index is 6.26. The van der Waals surface area contributed by atoms with Crippen LogP contribution in [0.1, 0.15) is 11.8 Å². The number of hydrogen-bond donors (Lipinski definition) is 1. The SMILES string of the molecule is COc1cc([C@H]2Nc3ccccc3-c3nnc(SC)nc3O2)cc(I)c1OC. The lowest BCUT2D eigenvalue weighted by atomic mass is 10.1. The highest BCUT2D eigenvalue weighted by Gasteiger charge is 2.27. The summed E-state index contributed by atoms with van der Waals surface area (Å²) < 4.78 is 18.1. The van der Waals surface area contributed by atoms with E-state index in [1.807, 2.05) is 42.7 Å². The Kier molecular flexibility index (Phi) is 5.44. The van der Waals surface area contributed by atoms with Gasteiger partial charge in [0.15, 0.2) is 23.4 Å². The number of para-hydroxylation sites is 1. The summed E-state index contributed by atoms with van der Waals surface area (Å²) in [6, 6.07) is 11.8. The predicted octanol–water partition coefficient (Wildman–Crippen LogP) is 4.39. The fourth-order valence-electron chi connectivity index (χ4n) is 2.97. The Morgan fingerprint density at radius 1 is 1.14 bits per heavy atom. The quantitative estimate of drug-likeness (QED) is 0.411. The number of nitrogens with zero attached hydrogens (tertiary/aromatic N) is 3. The van der Waals surface area contributed by atoms with Crippen LogP contribution in [0, 0.1) is 3.57 Å². The number of anilines is 1. The fourth-order valence-corrected chi connectivity index (χ4v) is 4.12. The number of fused-ring (bicyclic) bond motifs is 3. The van der Waals surface area contributed by atoms with Crippen LogP contribution in [0.5, 0.6) is 17.4 Å². The first-order chi connectivity index (χ1) is 13.6. The number of thioether (sulfide) groups is 1. The van der Waals surface area contributed by atoms with Gasteiger partial charge in [0.2, 0.25) is 11.0 Å². The van der Waals surface area contributed by atoms with E-state index in [4.69, 9.17) is 14.2 Å². The Morgan fingerprint density at radius 2 is 1.96 bits per heavy atom. The molecule has 2 heterocycles. The molecule has 144 valence electrons. The summed E-state index contributed by atoms with van der Waals surface area (Å²) in [5.74, 6) is 1.76. The van der Waals surface area contributed by atoms with E-state index in [0.717, 1.165) is 20.4 Å². The number of halogens is 1. The largest absolute Gasteiger partial charge is 0.493 e. The summed E-state index contributed by atoms with van der Waals surface area (Å²) in [5.41, 5.74) is 3.28. The summed E-state index contributed by atoms with van der Waals surface area (Å²) in [6.07, 6.45) is 1.42. The average molecular weight is 508 g/mol. The molecule has 0 aliphatic carbocycles. The Labute approximate surface area is 180 Å². The molecule has 1 aromatic heterocycles. The van der Waals surface area contributed by atoms with Crippen LogP contribution in [0.25, 0.3) is 11.3 Å². The smallest absolute Gasteiger partial charge is 0.247 e. The van der Waals surface area contributed by atoms with Crippen molar-refractivity contribution in [2.45, 2.75) is 11.4 Å². The first-order valence-electron chi connectivity index (χ1n) is 8.37. The highest BCUT2D eigenvalue weighted by Crippen LogP contribution is 2.41. The number of ether oxygens (including phenoxy) is 3. The second-order valence-corrected chi connectivity index (χ2v) is 7.81. The molecule has 0 saturated heterocycles. The Morgan fingerprint density at radius 3 is 2.71 bits per heavy atom. The van der Waals surface area contributed by atoms with Gasteiger partial charge >= 0.3 is 0 Å². The van der Waals surface area contributed by atoms with Crippen molar-refractivity contribution >= 4 is 40.0 Å². The molecule has 0 radical (unpaired) electrons. The molecule has 2 aromatic carbocycles. The van der Waals surface area contributed by atoms with Crippen molar-refractivity contribution < 1.29 is 14.2 Å². The summed E-state index contributed by atoms with van der Waals surface area (Å²) in [4.78, 5) is 4.53. The highest BCUT2D eigenvalue weighted by atomic mass is 127. The lowest BCUT2D eigenvalue weighted by Gasteiger charge is -2.21. The van der Waals surface area contributed by atoms with Gasteiger partial charge in [0, 0.05) is 16.8 Å². The van der Waals surface area contributed by atoms with E-state index in [9.17, 15) is 0 Å². The lowest BCUT2D eigenvalue weighted by Crippen LogP contribution is -2.17. The molecule has 9 heteroatoms. The van der Waals surface area contributed by atoms with Gasteiger partial charge in [0.25, 0.3) is 0 Å². The number of aromatic nitrogens is 3. The molecule has 0 fully saturated rings. The highest BCUT2D eigenvalue weighted by molar-refractivity contribution is 14.1. The van der Waals surface area contributed by atoms with Gasteiger partial charge in [-0.2, -0.15) is 4.98 Å². The molecule has 1 atom stereocenters. The number of methoxy groups -OCH3 is 2. The van der Waals surface area contributed by atoms with Crippen molar-refractivity contribution in [3.63, 3.8) is 0 Å². The summed E-state index contributed by atoms with van der Waals surface area (Å²) in [7, 11) is 3.24. The van der Waals surface area contributed by atoms with Crippen LogP contribution >= 0.6 is 34.4 Å². The molecule has 0 spiro atoms. The molecular formula is C19H17IN4O3S. The van der Waals surface area contributed by atoms with Crippen LogP contribution in [-0.4, -0.2) is 35.7 Å². The molecule has 1 aliphatic heterocycles. The van der Waals surface area contributed by atoms with Crippen LogP contribution in [0.3, 0.4) is 0 Å². The fraction of sp³-hybridized carbons (Fsp3) is 0.211. The van der Waals surface area contributed by atoms with Crippen molar-refractivity contribution in [2.75, 3.05) is 25.8 Å². The van der Waals surface area contributed by atoms with Crippen LogP contribution in [-0.2, 0) is 0 Å². The Bertz CT molecular complexity index is 1030. The molecule has 4 rings (SSSR count). The van der Waals surface area contributed by atoms with E-state index >= 15 is 0 Å². The third kappa shape index (κ3) is 3.44. The van der Waals surface area contributed by atoms with Crippen LogP contribution in [0.2, 0.25) is 0 Å². The van der Waals surface area contributed by atoms with Gasteiger partial charge in [-0.3, -0.25) is 0 Å². The minimum Gasteiger partial charge on any atom is -0.493 e. The van der Waals surface area contributed by atoms with Gasteiger partial charge in [-0.05, 0) is 47.0 Å². The predicted molar refractivity (Wildman–Crippen MR) is 116 cm³/mol. The van der Waals surface area contributed by atoms with Crippen molar-refractivity contribution in [2.24, 2.45) is 0 Å². The van der Waals surface area contributed by atoms with Gasteiger partial charge in [-0.1, -0.05) is 30.0 Å². The van der Waals surface area contributed by atoms with Crippen molar-refractivity contribution in [1.29, 1.82) is 0 Å². The molecule has 3 aromatic rings. The first-order valence-corrected chi connectivity index (χ1v) is 10.7. The molecule has 0 bridgehead atoms. The molecule has 0 saturated carbocycles. The van der Waals surface area contributed by atoms with Crippen molar-refractivity contribution in [3.8, 4) is 28.6 Å². The number of nitrogens with one attached hydrogen (secondary N) is 1. The van der Waals surface area contributed by atoms with Gasteiger partial charge in [0.05, 0.1) is 17.8 Å². The molecule has 1 N–H and O–H groups in total. The van der Waals surface area contributed by atoms with E-state index in [1.165, 1.54) is 11.8 Å². The summed E-state index contributed by atoms with van der Waals surface area (Å²) in [5, 5.41) is 12.5. The molecule has 0 unspecified atom stereocenters. The van der Waals surface area contributed by atoms with Crippen molar-refractivity contribution in [1.82, 2.24) is 15.2 Å². The summed E-state index contributed by atoms with van der Waals surface area (Å²) in [6.45, 7) is 0. The lowest BCUT2D eigenvalue weighted by molar-refractivity contribution is 0.224. The van der Waals surface area contributed by atoms with Crippen LogP contribution in [0.4, 0.5) is 5.69 Å². The first kappa shape index (κ1) is 19.1. The van der Waals surface area contributed by atoms with E-state index in [2.05, 4.69) is 43.1 Å². The van der Waals surface area contributed by atoms with Crippen LogP contribution in [0.15, 0.2) is 41.6 Å². The maximum absolute atomic E-state index is 6.26. The monoisotopic (exact) mass is 508 g/mol. The Hall–Kier alpha value is -2.27. The topological polar surface area (TPSA) is 78.4 Å². The van der Waals surface area contributed by atoms with E-state index < -0.39 is 6.23 Å². The van der Waals surface area contributed by atoms with E-state index in [-0.39, 0.29) is 0 Å². The van der Waals surface area contributed by atoms with E-state index in [0.29, 0.717) is 28.2 Å². The average Bonchev–Trinajstić information content (AvgIpc) is 2.89. The van der Waals surface area contributed by atoms with Gasteiger partial charge < -0.3 is 19.5 Å². The molecule has 0 amide bonds. The molecule has 7 nitrogen and oxygen atoms in total. The zero-order valence-corrected chi connectivity index (χ0v) is 18.4. The Balaban J connectivity index is 1.85. The third-order valence-corrected chi connectivity index (χ3v) is 5.61.